The van der Waals surface area contributed by atoms with Crippen LogP contribution in [0.2, 0.25) is 0 Å². The molecular formula is C14H12N2O4S. The van der Waals surface area contributed by atoms with Crippen molar-refractivity contribution < 1.29 is 19.1 Å². The fourth-order valence-electron chi connectivity index (χ4n) is 2.62. The van der Waals surface area contributed by atoms with Crippen LogP contribution in [0.3, 0.4) is 0 Å². The van der Waals surface area contributed by atoms with E-state index >= 15 is 0 Å². The molecule has 0 bridgehead atoms. The molecule has 1 atom stereocenters. The number of fused-ring (bicyclic) bond motifs is 1. The molecule has 0 spiro atoms. The van der Waals surface area contributed by atoms with Crippen LogP contribution in [0.1, 0.15) is 22.0 Å². The Morgan fingerprint density at radius 2 is 1.62 bits per heavy atom. The van der Waals surface area contributed by atoms with Crippen molar-refractivity contribution >= 4 is 35.1 Å². The van der Waals surface area contributed by atoms with Crippen LogP contribution in [0.15, 0.2) is 24.3 Å². The molecule has 108 valence electrons. The number of hydrogen-bond acceptors (Lipinski definition) is 5. The Balaban J connectivity index is 2.05. The van der Waals surface area contributed by atoms with Crippen LogP contribution >= 0.6 is 12.2 Å². The van der Waals surface area contributed by atoms with Gasteiger partial charge in [0, 0.05) is 19.7 Å². The van der Waals surface area contributed by atoms with Crippen LogP contribution in [0.4, 0.5) is 0 Å². The van der Waals surface area contributed by atoms with E-state index in [0.717, 1.165) is 0 Å². The van der Waals surface area contributed by atoms with E-state index in [0.29, 0.717) is 11.1 Å². The van der Waals surface area contributed by atoms with E-state index in [1.54, 1.807) is 24.3 Å². The monoisotopic (exact) mass is 304 g/mol. The van der Waals surface area contributed by atoms with Gasteiger partial charge in [-0.15, -0.1) is 0 Å². The number of hydrogen-bond donors (Lipinski definition) is 0. The molecule has 1 fully saturated rings. The third-order valence-electron chi connectivity index (χ3n) is 3.79. The van der Waals surface area contributed by atoms with E-state index < -0.39 is 29.8 Å². The topological polar surface area (TPSA) is 66.9 Å². The van der Waals surface area contributed by atoms with Crippen LogP contribution in [0.5, 0.6) is 0 Å². The van der Waals surface area contributed by atoms with Gasteiger partial charge in [-0.2, -0.15) is 0 Å². The van der Waals surface area contributed by atoms with Gasteiger partial charge in [-0.3, -0.25) is 19.4 Å². The van der Waals surface area contributed by atoms with Gasteiger partial charge in [0.15, 0.2) is 11.0 Å². The van der Waals surface area contributed by atoms with E-state index in [1.807, 2.05) is 0 Å². The number of nitrogens with zero attached hydrogens (tertiary/aromatic N) is 2. The molecule has 0 aromatic heterocycles. The molecule has 1 aromatic carbocycles. The summed E-state index contributed by atoms with van der Waals surface area (Å²) in [5, 5.41) is 0.138. The molecule has 2 heterocycles. The van der Waals surface area contributed by atoms with Gasteiger partial charge in [0.1, 0.15) is 6.10 Å². The Morgan fingerprint density at radius 3 is 2.24 bits per heavy atom. The molecule has 2 aliphatic heterocycles. The number of esters is 1. The van der Waals surface area contributed by atoms with Gasteiger partial charge in [0.2, 0.25) is 11.8 Å². The van der Waals surface area contributed by atoms with Crippen LogP contribution in [-0.2, 0) is 14.3 Å². The summed E-state index contributed by atoms with van der Waals surface area (Å²) in [7, 11) is 3.01. The third kappa shape index (κ3) is 1.84. The highest BCUT2D eigenvalue weighted by Gasteiger charge is 2.50. The van der Waals surface area contributed by atoms with Crippen molar-refractivity contribution in [2.24, 2.45) is 5.92 Å². The zero-order chi connectivity index (χ0) is 15.3. The van der Waals surface area contributed by atoms with Crippen LogP contribution in [-0.4, -0.2) is 46.8 Å². The van der Waals surface area contributed by atoms with Crippen molar-refractivity contribution in [3.8, 4) is 0 Å². The maximum atomic E-state index is 12.4. The summed E-state index contributed by atoms with van der Waals surface area (Å²) in [5.74, 6) is -2.54. The minimum absolute atomic E-state index is 0.138. The summed E-state index contributed by atoms with van der Waals surface area (Å²) < 4.78 is 5.27. The number of amides is 2. The van der Waals surface area contributed by atoms with E-state index in [4.69, 9.17) is 17.0 Å². The molecule has 0 radical (unpaired) electrons. The Kier molecular flexibility index (Phi) is 3.02. The van der Waals surface area contributed by atoms with Gasteiger partial charge < -0.3 is 4.74 Å². The highest BCUT2D eigenvalue weighted by atomic mass is 32.1. The summed E-state index contributed by atoms with van der Waals surface area (Å²) in [6.07, 6.45) is -0.901. The fourth-order valence-corrected chi connectivity index (χ4v) is 2.80. The van der Waals surface area contributed by atoms with E-state index in [-0.39, 0.29) is 5.11 Å². The summed E-state index contributed by atoms with van der Waals surface area (Å²) in [4.78, 5) is 39.1. The van der Waals surface area contributed by atoms with E-state index in [9.17, 15) is 14.4 Å². The Hall–Kier alpha value is -2.28. The predicted molar refractivity (Wildman–Crippen MR) is 76.2 cm³/mol. The average Bonchev–Trinajstić information content (AvgIpc) is 2.81. The maximum Gasteiger partial charge on any atom is 0.339 e. The highest BCUT2D eigenvalue weighted by molar-refractivity contribution is 7.80. The summed E-state index contributed by atoms with van der Waals surface area (Å²) in [6.45, 7) is 0. The summed E-state index contributed by atoms with van der Waals surface area (Å²) >= 11 is 5.04. The summed E-state index contributed by atoms with van der Waals surface area (Å²) in [5.41, 5.74) is 0.949. The normalized spacial score (nSPS) is 22.7. The van der Waals surface area contributed by atoms with Gasteiger partial charge in [-0.1, -0.05) is 18.2 Å². The first-order valence-electron chi connectivity index (χ1n) is 6.32. The standard InChI is InChI=1S/C14H12N2O4S/c1-15-11(17)9(12(18)16(2)14(15)21)10-7-5-3-4-6-8(7)13(19)20-10/h3-6,9-10H,1-2H3. The summed E-state index contributed by atoms with van der Waals surface area (Å²) in [6, 6.07) is 6.76. The molecule has 6 nitrogen and oxygen atoms in total. The first-order chi connectivity index (χ1) is 9.93. The number of cyclic esters (lactones) is 1. The zero-order valence-corrected chi connectivity index (χ0v) is 12.2. The molecule has 7 heteroatoms. The lowest BCUT2D eigenvalue weighted by Crippen LogP contribution is -2.58. The van der Waals surface area contributed by atoms with Gasteiger partial charge in [-0.25, -0.2) is 4.79 Å². The maximum absolute atomic E-state index is 12.4. The molecule has 0 aliphatic carbocycles. The second-order valence-electron chi connectivity index (χ2n) is 4.97. The molecule has 2 aliphatic rings. The predicted octanol–water partition coefficient (Wildman–Crippen LogP) is 0.730. The van der Waals surface area contributed by atoms with Crippen molar-refractivity contribution in [2.45, 2.75) is 6.10 Å². The molecule has 21 heavy (non-hydrogen) atoms. The molecular weight excluding hydrogens is 292 g/mol. The zero-order valence-electron chi connectivity index (χ0n) is 11.4. The van der Waals surface area contributed by atoms with Crippen LogP contribution in [0.25, 0.3) is 0 Å². The first-order valence-corrected chi connectivity index (χ1v) is 6.73. The quantitative estimate of drug-likeness (QED) is 0.435. The third-order valence-corrected chi connectivity index (χ3v) is 4.34. The fraction of sp³-hybridized carbons (Fsp3) is 0.286. The number of benzene rings is 1. The largest absolute Gasteiger partial charge is 0.452 e. The van der Waals surface area contributed by atoms with Crippen molar-refractivity contribution in [2.75, 3.05) is 14.1 Å². The number of carbonyl (C=O) groups excluding carboxylic acids is 3. The van der Waals surface area contributed by atoms with Crippen molar-refractivity contribution in [3.05, 3.63) is 35.4 Å². The van der Waals surface area contributed by atoms with Crippen LogP contribution in [0, 0.1) is 5.92 Å². The van der Waals surface area contributed by atoms with E-state index in [1.165, 1.54) is 23.9 Å². The number of rotatable bonds is 1. The lowest BCUT2D eigenvalue weighted by atomic mass is 9.91. The Labute approximate surface area is 126 Å². The number of carbonyl (C=O) groups is 3. The number of thiocarbonyl (C=S) groups is 1. The second-order valence-corrected chi connectivity index (χ2v) is 5.33. The molecule has 0 N–H and O–H groups in total. The minimum Gasteiger partial charge on any atom is -0.452 e. The lowest BCUT2D eigenvalue weighted by Gasteiger charge is -2.37. The molecule has 1 aromatic rings. The molecule has 0 saturated carbocycles. The van der Waals surface area contributed by atoms with Crippen molar-refractivity contribution in [1.82, 2.24) is 9.80 Å². The highest BCUT2D eigenvalue weighted by Crippen LogP contribution is 2.38. The van der Waals surface area contributed by atoms with E-state index in [2.05, 4.69) is 0 Å². The average molecular weight is 304 g/mol. The minimum atomic E-state index is -1.10. The van der Waals surface area contributed by atoms with Crippen LogP contribution < -0.4 is 0 Å². The van der Waals surface area contributed by atoms with Gasteiger partial charge in [-0.05, 0) is 18.3 Å². The SMILES string of the molecule is CN1C(=O)C(C2OC(=O)c3ccccc32)C(=O)N(C)C1=S. The Bertz CT molecular complexity index is 663. The smallest absolute Gasteiger partial charge is 0.339 e. The van der Waals surface area contributed by atoms with Gasteiger partial charge in [0.25, 0.3) is 0 Å². The number of ether oxygens (including phenoxy) is 1. The first kappa shape index (κ1) is 13.7. The molecule has 1 unspecified atom stereocenters. The lowest BCUT2D eigenvalue weighted by molar-refractivity contribution is -0.150. The van der Waals surface area contributed by atoms with Crippen molar-refractivity contribution in [1.29, 1.82) is 0 Å². The van der Waals surface area contributed by atoms with Crippen molar-refractivity contribution in [3.63, 3.8) is 0 Å². The molecule has 1 saturated heterocycles. The molecule has 3 rings (SSSR count). The molecule has 2 amide bonds. The Morgan fingerprint density at radius 1 is 1.05 bits per heavy atom. The van der Waals surface area contributed by atoms with Gasteiger partial charge in [0.05, 0.1) is 5.56 Å². The van der Waals surface area contributed by atoms with Gasteiger partial charge >= 0.3 is 5.97 Å². The second kappa shape index (κ2) is 4.63.